The van der Waals surface area contributed by atoms with Crippen molar-refractivity contribution in [1.82, 2.24) is 14.8 Å². The van der Waals surface area contributed by atoms with E-state index in [0.717, 1.165) is 11.6 Å². The second kappa shape index (κ2) is 4.79. The molecule has 0 spiro atoms. The van der Waals surface area contributed by atoms with Gasteiger partial charge in [-0.2, -0.15) is 0 Å². The SMILES string of the molecule is Cc1cc(F)cc(-c2ncn(/C=C\C(=O)O)n2)c1. The van der Waals surface area contributed by atoms with Gasteiger partial charge in [-0.1, -0.05) is 0 Å². The van der Waals surface area contributed by atoms with E-state index in [4.69, 9.17) is 5.11 Å². The Kier molecular flexibility index (Phi) is 3.18. The number of halogens is 1. The van der Waals surface area contributed by atoms with Gasteiger partial charge in [0.25, 0.3) is 0 Å². The molecule has 0 atom stereocenters. The van der Waals surface area contributed by atoms with Gasteiger partial charge < -0.3 is 5.11 Å². The number of hydrogen-bond donors (Lipinski definition) is 1. The summed E-state index contributed by atoms with van der Waals surface area (Å²) in [5.74, 6) is -1.09. The summed E-state index contributed by atoms with van der Waals surface area (Å²) in [5.41, 5.74) is 1.32. The van der Waals surface area contributed by atoms with Crippen molar-refractivity contribution in [3.8, 4) is 11.4 Å². The summed E-state index contributed by atoms with van der Waals surface area (Å²) in [7, 11) is 0. The number of carboxylic acid groups (broad SMARTS) is 1. The zero-order valence-electron chi connectivity index (χ0n) is 9.54. The summed E-state index contributed by atoms with van der Waals surface area (Å²) in [4.78, 5) is 14.3. The van der Waals surface area contributed by atoms with Crippen LogP contribution in [0.25, 0.3) is 17.6 Å². The van der Waals surface area contributed by atoms with Crippen LogP contribution in [0.3, 0.4) is 0 Å². The van der Waals surface area contributed by atoms with Crippen molar-refractivity contribution in [2.24, 2.45) is 0 Å². The number of aromatic nitrogens is 3. The molecule has 0 aliphatic rings. The van der Waals surface area contributed by atoms with Crippen LogP contribution in [-0.4, -0.2) is 25.8 Å². The molecule has 5 nitrogen and oxygen atoms in total. The molecule has 0 amide bonds. The number of aryl methyl sites for hydroxylation is 1. The molecule has 1 aromatic heterocycles. The molecule has 0 fully saturated rings. The molecule has 0 aliphatic heterocycles. The highest BCUT2D eigenvalue weighted by molar-refractivity contribution is 5.82. The van der Waals surface area contributed by atoms with Gasteiger partial charge in [0.2, 0.25) is 0 Å². The lowest BCUT2D eigenvalue weighted by molar-refractivity contribution is -0.131. The Hall–Kier alpha value is -2.50. The first-order chi connectivity index (χ1) is 8.54. The third-order valence-corrected chi connectivity index (χ3v) is 2.18. The molecule has 0 saturated carbocycles. The maximum atomic E-state index is 13.2. The van der Waals surface area contributed by atoms with E-state index in [1.807, 2.05) is 0 Å². The number of hydrogen-bond acceptors (Lipinski definition) is 3. The lowest BCUT2D eigenvalue weighted by atomic mass is 10.1. The van der Waals surface area contributed by atoms with Gasteiger partial charge in [0, 0.05) is 17.8 Å². The molecule has 0 radical (unpaired) electrons. The second-order valence-corrected chi connectivity index (χ2v) is 3.72. The van der Waals surface area contributed by atoms with Crippen molar-refractivity contribution < 1.29 is 14.3 Å². The van der Waals surface area contributed by atoms with Crippen molar-refractivity contribution in [1.29, 1.82) is 0 Å². The zero-order chi connectivity index (χ0) is 13.1. The average Bonchev–Trinajstić information content (AvgIpc) is 2.73. The van der Waals surface area contributed by atoms with Gasteiger partial charge in [-0.3, -0.25) is 0 Å². The quantitative estimate of drug-likeness (QED) is 0.842. The molecule has 2 rings (SSSR count). The van der Waals surface area contributed by atoms with Gasteiger partial charge in [0.05, 0.1) is 0 Å². The summed E-state index contributed by atoms with van der Waals surface area (Å²) in [6, 6.07) is 4.49. The zero-order valence-corrected chi connectivity index (χ0v) is 9.54. The van der Waals surface area contributed by atoms with Crippen molar-refractivity contribution in [3.63, 3.8) is 0 Å². The third kappa shape index (κ3) is 2.79. The minimum absolute atomic E-state index is 0.340. The fourth-order valence-electron chi connectivity index (χ4n) is 1.48. The van der Waals surface area contributed by atoms with Gasteiger partial charge in [-0.05, 0) is 30.7 Å². The van der Waals surface area contributed by atoms with Crippen LogP contribution in [0.4, 0.5) is 4.39 Å². The Morgan fingerprint density at radius 1 is 1.44 bits per heavy atom. The summed E-state index contributed by atoms with van der Waals surface area (Å²) in [5, 5.41) is 12.5. The van der Waals surface area contributed by atoms with Crippen LogP contribution in [0, 0.1) is 12.7 Å². The Bertz CT molecular complexity index is 599. The normalized spacial score (nSPS) is 11.0. The highest BCUT2D eigenvalue weighted by Crippen LogP contribution is 2.17. The molecule has 6 heteroatoms. The molecule has 18 heavy (non-hydrogen) atoms. The first kappa shape index (κ1) is 12.0. The number of carboxylic acids is 1. The van der Waals surface area contributed by atoms with Crippen molar-refractivity contribution >= 4 is 12.2 Å². The maximum Gasteiger partial charge on any atom is 0.329 e. The summed E-state index contributed by atoms with van der Waals surface area (Å²) in [6.45, 7) is 1.77. The Morgan fingerprint density at radius 3 is 2.89 bits per heavy atom. The predicted molar refractivity (Wildman–Crippen MR) is 63.1 cm³/mol. The van der Waals surface area contributed by atoms with Crippen LogP contribution in [-0.2, 0) is 4.79 Å². The molecule has 0 bridgehead atoms. The monoisotopic (exact) mass is 247 g/mol. The lowest BCUT2D eigenvalue weighted by Crippen LogP contribution is -1.92. The second-order valence-electron chi connectivity index (χ2n) is 3.72. The number of nitrogens with zero attached hydrogens (tertiary/aromatic N) is 3. The van der Waals surface area contributed by atoms with E-state index in [-0.39, 0.29) is 5.82 Å². The predicted octanol–water partition coefficient (Wildman–Crippen LogP) is 1.95. The van der Waals surface area contributed by atoms with E-state index >= 15 is 0 Å². The van der Waals surface area contributed by atoms with Crippen LogP contribution >= 0.6 is 0 Å². The largest absolute Gasteiger partial charge is 0.478 e. The van der Waals surface area contributed by atoms with E-state index in [2.05, 4.69) is 10.1 Å². The van der Waals surface area contributed by atoms with Crippen molar-refractivity contribution in [2.75, 3.05) is 0 Å². The standard InChI is InChI=1S/C12H10FN3O2/c1-8-4-9(6-10(13)5-8)12-14-7-16(15-12)3-2-11(17)18/h2-7H,1H3,(H,17,18)/b3-2-. The smallest absolute Gasteiger partial charge is 0.329 e. The van der Waals surface area contributed by atoms with Crippen LogP contribution in [0.5, 0.6) is 0 Å². The summed E-state index contributed by atoms with van der Waals surface area (Å²) >= 11 is 0. The number of benzene rings is 1. The first-order valence-corrected chi connectivity index (χ1v) is 5.14. The number of carbonyl (C=O) groups is 1. The Balaban J connectivity index is 2.32. The molecule has 1 N–H and O–H groups in total. The van der Waals surface area contributed by atoms with Gasteiger partial charge in [0.1, 0.15) is 12.1 Å². The molecule has 2 aromatic rings. The van der Waals surface area contributed by atoms with E-state index in [1.165, 1.54) is 29.3 Å². The van der Waals surface area contributed by atoms with E-state index in [0.29, 0.717) is 11.4 Å². The summed E-state index contributed by atoms with van der Waals surface area (Å²) in [6.07, 6.45) is 3.55. The molecular formula is C12H10FN3O2. The minimum atomic E-state index is -1.08. The van der Waals surface area contributed by atoms with Gasteiger partial charge >= 0.3 is 5.97 Å². The average molecular weight is 247 g/mol. The molecule has 92 valence electrons. The molecule has 0 unspecified atom stereocenters. The molecule has 1 heterocycles. The highest BCUT2D eigenvalue weighted by atomic mass is 19.1. The fraction of sp³-hybridized carbons (Fsp3) is 0.0833. The Morgan fingerprint density at radius 2 is 2.22 bits per heavy atom. The molecule has 1 aromatic carbocycles. The molecule has 0 aliphatic carbocycles. The summed E-state index contributed by atoms with van der Waals surface area (Å²) < 4.78 is 14.5. The molecular weight excluding hydrogens is 237 g/mol. The van der Waals surface area contributed by atoms with E-state index < -0.39 is 5.97 Å². The van der Waals surface area contributed by atoms with Crippen LogP contribution in [0.2, 0.25) is 0 Å². The lowest BCUT2D eigenvalue weighted by Gasteiger charge is -1.98. The van der Waals surface area contributed by atoms with Gasteiger partial charge in [0.15, 0.2) is 5.82 Å². The minimum Gasteiger partial charge on any atom is -0.478 e. The van der Waals surface area contributed by atoms with Crippen LogP contribution in [0.15, 0.2) is 30.6 Å². The van der Waals surface area contributed by atoms with Gasteiger partial charge in [-0.15, -0.1) is 5.10 Å². The van der Waals surface area contributed by atoms with Crippen molar-refractivity contribution in [3.05, 3.63) is 42.0 Å². The van der Waals surface area contributed by atoms with Gasteiger partial charge in [-0.25, -0.2) is 18.9 Å². The maximum absolute atomic E-state index is 13.2. The third-order valence-electron chi connectivity index (χ3n) is 2.18. The van der Waals surface area contributed by atoms with Crippen LogP contribution in [0.1, 0.15) is 5.56 Å². The molecule has 0 saturated heterocycles. The Labute approximate surface area is 102 Å². The topological polar surface area (TPSA) is 68.0 Å². The van der Waals surface area contributed by atoms with E-state index in [1.54, 1.807) is 13.0 Å². The first-order valence-electron chi connectivity index (χ1n) is 5.14. The van der Waals surface area contributed by atoms with Crippen LogP contribution < -0.4 is 0 Å². The highest BCUT2D eigenvalue weighted by Gasteiger charge is 2.05. The fourth-order valence-corrected chi connectivity index (χ4v) is 1.48. The number of rotatable bonds is 3. The van der Waals surface area contributed by atoms with Crippen molar-refractivity contribution in [2.45, 2.75) is 6.92 Å². The number of aliphatic carboxylic acids is 1. The van der Waals surface area contributed by atoms with E-state index in [9.17, 15) is 9.18 Å².